The maximum Gasteiger partial charge on any atom is 0.293 e. The van der Waals surface area contributed by atoms with Crippen molar-refractivity contribution in [2.75, 3.05) is 32.5 Å². The molecule has 2 N–H and O–H groups in total. The Kier molecular flexibility index (Phi) is 5.43. The first-order valence-corrected chi connectivity index (χ1v) is 8.16. The van der Waals surface area contributed by atoms with Crippen molar-refractivity contribution in [2.45, 2.75) is 32.7 Å². The second-order valence-electron chi connectivity index (χ2n) is 7.49. The van der Waals surface area contributed by atoms with E-state index < -0.39 is 4.92 Å². The van der Waals surface area contributed by atoms with Gasteiger partial charge in [-0.1, -0.05) is 13.8 Å². The summed E-state index contributed by atoms with van der Waals surface area (Å²) in [7, 11) is 3.97. The van der Waals surface area contributed by atoms with Crippen LogP contribution in [-0.4, -0.2) is 49.0 Å². The van der Waals surface area contributed by atoms with Crippen molar-refractivity contribution in [3.8, 4) is 0 Å². The van der Waals surface area contributed by atoms with Gasteiger partial charge in [-0.05, 0) is 44.5 Å². The van der Waals surface area contributed by atoms with E-state index in [0.717, 1.165) is 19.4 Å². The lowest BCUT2D eigenvalue weighted by molar-refractivity contribution is -0.384. The lowest BCUT2D eigenvalue weighted by Crippen LogP contribution is -2.40. The average Bonchev–Trinajstić information content (AvgIpc) is 3.27. The maximum absolute atomic E-state index is 12.3. The van der Waals surface area contributed by atoms with Crippen molar-refractivity contribution in [3.63, 3.8) is 0 Å². The lowest BCUT2D eigenvalue weighted by atomic mass is 9.93. The molecule has 24 heavy (non-hydrogen) atoms. The molecule has 0 aromatic heterocycles. The van der Waals surface area contributed by atoms with Gasteiger partial charge in [-0.3, -0.25) is 14.9 Å². The Morgan fingerprint density at radius 3 is 2.58 bits per heavy atom. The third-order valence-corrected chi connectivity index (χ3v) is 3.87. The Balaban J connectivity index is 2.06. The zero-order valence-electron chi connectivity index (χ0n) is 14.8. The lowest BCUT2D eigenvalue weighted by Gasteiger charge is -2.28. The van der Waals surface area contributed by atoms with Gasteiger partial charge in [0, 0.05) is 30.8 Å². The molecule has 0 radical (unpaired) electrons. The smallest absolute Gasteiger partial charge is 0.293 e. The molecule has 1 saturated carbocycles. The van der Waals surface area contributed by atoms with Crippen LogP contribution in [0.5, 0.6) is 0 Å². The fraction of sp³-hybridized carbons (Fsp3) is 0.588. The highest BCUT2D eigenvalue weighted by atomic mass is 16.6. The van der Waals surface area contributed by atoms with Crippen LogP contribution >= 0.6 is 0 Å². The molecule has 0 spiro atoms. The van der Waals surface area contributed by atoms with E-state index in [-0.39, 0.29) is 17.0 Å². The Morgan fingerprint density at radius 1 is 1.38 bits per heavy atom. The second kappa shape index (κ2) is 7.17. The summed E-state index contributed by atoms with van der Waals surface area (Å²) in [5, 5.41) is 17.3. The number of nitro benzene ring substituents is 1. The van der Waals surface area contributed by atoms with E-state index in [1.807, 2.05) is 14.1 Å². The molecule has 2 rings (SSSR count). The minimum Gasteiger partial charge on any atom is -0.377 e. The first-order valence-electron chi connectivity index (χ1n) is 8.16. The molecule has 1 fully saturated rings. The highest BCUT2D eigenvalue weighted by Gasteiger charge is 2.26. The molecule has 1 aliphatic carbocycles. The number of anilines is 1. The zero-order chi connectivity index (χ0) is 17.9. The molecule has 7 heteroatoms. The summed E-state index contributed by atoms with van der Waals surface area (Å²) in [6.07, 6.45) is 2.06. The van der Waals surface area contributed by atoms with Gasteiger partial charge in [0.25, 0.3) is 11.6 Å². The first-order chi connectivity index (χ1) is 11.2. The fourth-order valence-electron chi connectivity index (χ4n) is 2.73. The summed E-state index contributed by atoms with van der Waals surface area (Å²) in [5.74, 6) is -0.289. The normalized spacial score (nSPS) is 14.5. The van der Waals surface area contributed by atoms with Gasteiger partial charge in [0.2, 0.25) is 0 Å². The van der Waals surface area contributed by atoms with Gasteiger partial charge in [-0.25, -0.2) is 0 Å². The Labute approximate surface area is 142 Å². The Bertz CT molecular complexity index is 624. The summed E-state index contributed by atoms with van der Waals surface area (Å²) in [6.45, 7) is 5.47. The Morgan fingerprint density at radius 2 is 2.04 bits per heavy atom. The highest BCUT2D eigenvalue weighted by molar-refractivity contribution is 5.95. The number of nitrogens with one attached hydrogen (secondary N) is 2. The number of benzene rings is 1. The number of hydrogen-bond donors (Lipinski definition) is 2. The second-order valence-corrected chi connectivity index (χ2v) is 7.49. The average molecular weight is 334 g/mol. The van der Waals surface area contributed by atoms with E-state index in [1.165, 1.54) is 6.07 Å². The van der Waals surface area contributed by atoms with Gasteiger partial charge in [0.1, 0.15) is 5.69 Å². The topological polar surface area (TPSA) is 87.5 Å². The number of carbonyl (C=O) groups is 1. The third kappa shape index (κ3) is 5.19. The van der Waals surface area contributed by atoms with E-state index in [1.54, 1.807) is 12.1 Å². The van der Waals surface area contributed by atoms with E-state index in [2.05, 4.69) is 29.4 Å². The standard InChI is InChI=1S/C17H26N4O3/c1-17(2,11-20(3)4)10-18-16(22)12-5-8-14(19-13-6-7-13)15(9-12)21(23)24/h5,8-9,13,19H,6-7,10-11H2,1-4H3,(H,18,22). The van der Waals surface area contributed by atoms with Crippen LogP contribution in [0.3, 0.4) is 0 Å². The molecule has 0 heterocycles. The van der Waals surface area contributed by atoms with Crippen LogP contribution in [0.25, 0.3) is 0 Å². The van der Waals surface area contributed by atoms with Crippen molar-refractivity contribution in [1.29, 1.82) is 0 Å². The van der Waals surface area contributed by atoms with Crippen molar-refractivity contribution in [2.24, 2.45) is 5.41 Å². The number of carbonyl (C=O) groups excluding carboxylic acids is 1. The molecule has 1 amide bonds. The van der Waals surface area contributed by atoms with E-state index in [9.17, 15) is 14.9 Å². The van der Waals surface area contributed by atoms with Crippen LogP contribution < -0.4 is 10.6 Å². The minimum absolute atomic E-state index is 0.0536. The molecule has 0 unspecified atom stereocenters. The summed E-state index contributed by atoms with van der Waals surface area (Å²) in [6, 6.07) is 4.91. The van der Waals surface area contributed by atoms with Crippen LogP contribution in [0.4, 0.5) is 11.4 Å². The van der Waals surface area contributed by atoms with Crippen molar-refractivity contribution in [3.05, 3.63) is 33.9 Å². The minimum atomic E-state index is -0.447. The van der Waals surface area contributed by atoms with Gasteiger partial charge in [-0.15, -0.1) is 0 Å². The molecule has 7 nitrogen and oxygen atoms in total. The summed E-state index contributed by atoms with van der Waals surface area (Å²) in [4.78, 5) is 25.2. The molecular formula is C17H26N4O3. The zero-order valence-corrected chi connectivity index (χ0v) is 14.8. The van der Waals surface area contributed by atoms with Gasteiger partial charge < -0.3 is 15.5 Å². The monoisotopic (exact) mass is 334 g/mol. The molecular weight excluding hydrogens is 308 g/mol. The predicted molar refractivity (Wildman–Crippen MR) is 94.4 cm³/mol. The van der Waals surface area contributed by atoms with Crippen molar-refractivity contribution in [1.82, 2.24) is 10.2 Å². The van der Waals surface area contributed by atoms with Crippen molar-refractivity contribution >= 4 is 17.3 Å². The van der Waals surface area contributed by atoms with Gasteiger partial charge in [0.05, 0.1) is 4.92 Å². The summed E-state index contributed by atoms with van der Waals surface area (Å²) < 4.78 is 0. The molecule has 0 atom stereocenters. The van der Waals surface area contributed by atoms with Gasteiger partial charge in [-0.2, -0.15) is 0 Å². The van der Waals surface area contributed by atoms with E-state index >= 15 is 0 Å². The number of rotatable bonds is 8. The van der Waals surface area contributed by atoms with Crippen LogP contribution in [0.15, 0.2) is 18.2 Å². The molecule has 0 bridgehead atoms. The quantitative estimate of drug-likeness (QED) is 0.563. The van der Waals surface area contributed by atoms with E-state index in [4.69, 9.17) is 0 Å². The number of nitro groups is 1. The largest absolute Gasteiger partial charge is 0.377 e. The number of hydrogen-bond acceptors (Lipinski definition) is 5. The van der Waals surface area contributed by atoms with Crippen LogP contribution in [0, 0.1) is 15.5 Å². The molecule has 0 saturated heterocycles. The summed E-state index contributed by atoms with van der Waals surface area (Å²) >= 11 is 0. The number of amides is 1. The van der Waals surface area contributed by atoms with Crippen LogP contribution in [-0.2, 0) is 0 Å². The maximum atomic E-state index is 12.3. The highest BCUT2D eigenvalue weighted by Crippen LogP contribution is 2.31. The molecule has 132 valence electrons. The summed E-state index contributed by atoms with van der Waals surface area (Å²) in [5.41, 5.74) is 0.649. The van der Waals surface area contributed by atoms with Gasteiger partial charge >= 0.3 is 0 Å². The Hall–Kier alpha value is -2.15. The molecule has 1 aliphatic rings. The van der Waals surface area contributed by atoms with E-state index in [0.29, 0.717) is 23.8 Å². The number of nitrogens with zero attached hydrogens (tertiary/aromatic N) is 2. The van der Waals surface area contributed by atoms with Crippen LogP contribution in [0.1, 0.15) is 37.0 Å². The fourth-order valence-corrected chi connectivity index (χ4v) is 2.73. The SMILES string of the molecule is CN(C)CC(C)(C)CNC(=O)c1ccc(NC2CC2)c([N+](=O)[O-])c1. The molecule has 1 aromatic carbocycles. The molecule has 1 aromatic rings. The third-order valence-electron chi connectivity index (χ3n) is 3.87. The predicted octanol–water partition coefficient (Wildman–Crippen LogP) is 2.49. The van der Waals surface area contributed by atoms with Crippen LogP contribution in [0.2, 0.25) is 0 Å². The van der Waals surface area contributed by atoms with Crippen molar-refractivity contribution < 1.29 is 9.72 Å². The van der Waals surface area contributed by atoms with Gasteiger partial charge in [0.15, 0.2) is 0 Å². The molecule has 0 aliphatic heterocycles. The first kappa shape index (κ1) is 18.2.